The number of phenols is 1. The molecule has 0 saturated heterocycles. The highest BCUT2D eigenvalue weighted by atomic mass is 16.5. The minimum Gasteiger partial charge on any atom is -0.507 e. The Hall–Kier alpha value is -1.51. The molecular weight excluding hydrogens is 180 g/mol. The first-order valence-electron chi connectivity index (χ1n) is 4.51. The Bertz CT molecular complexity index is 342. The molecule has 1 rings (SSSR count). The number of aromatic hydroxyl groups is 1. The van der Waals surface area contributed by atoms with Crippen LogP contribution in [0.2, 0.25) is 0 Å². The van der Waals surface area contributed by atoms with Crippen molar-refractivity contribution in [1.82, 2.24) is 0 Å². The summed E-state index contributed by atoms with van der Waals surface area (Å²) in [6.07, 6.45) is 0.0550. The van der Waals surface area contributed by atoms with Crippen molar-refractivity contribution in [3.63, 3.8) is 0 Å². The van der Waals surface area contributed by atoms with Crippen LogP contribution >= 0.6 is 0 Å². The summed E-state index contributed by atoms with van der Waals surface area (Å²) in [5.74, 6) is 0.424. The molecule has 0 aliphatic heterocycles. The van der Waals surface area contributed by atoms with Crippen LogP contribution in [0.1, 0.15) is 31.1 Å². The standard InChI is InChI=1S/C11H14O3/c1-7(2)14-9-4-5-11(13)10(6-9)8(3)12/h4-7,13H,1-3H3. The van der Waals surface area contributed by atoms with Gasteiger partial charge in [0.15, 0.2) is 5.78 Å². The smallest absolute Gasteiger partial charge is 0.163 e. The number of ether oxygens (including phenoxy) is 1. The molecule has 0 heterocycles. The van der Waals surface area contributed by atoms with E-state index in [4.69, 9.17) is 4.74 Å². The summed E-state index contributed by atoms with van der Waals surface area (Å²) < 4.78 is 5.40. The second-order valence-electron chi connectivity index (χ2n) is 3.40. The topological polar surface area (TPSA) is 46.5 Å². The van der Waals surface area contributed by atoms with Gasteiger partial charge in [-0.05, 0) is 39.0 Å². The maximum absolute atomic E-state index is 11.1. The molecule has 0 unspecified atom stereocenters. The Morgan fingerprint density at radius 1 is 1.43 bits per heavy atom. The molecule has 1 aromatic carbocycles. The lowest BCUT2D eigenvalue weighted by atomic mass is 10.1. The zero-order valence-electron chi connectivity index (χ0n) is 8.57. The molecule has 1 N–H and O–H groups in total. The van der Waals surface area contributed by atoms with E-state index in [9.17, 15) is 9.90 Å². The summed E-state index contributed by atoms with van der Waals surface area (Å²) in [6.45, 7) is 5.22. The third-order valence-corrected chi connectivity index (χ3v) is 1.72. The normalized spacial score (nSPS) is 10.3. The molecule has 0 aromatic heterocycles. The molecule has 0 amide bonds. The van der Waals surface area contributed by atoms with Crippen LogP contribution in [-0.2, 0) is 0 Å². The largest absolute Gasteiger partial charge is 0.507 e. The van der Waals surface area contributed by atoms with Gasteiger partial charge in [-0.3, -0.25) is 4.79 Å². The Labute approximate surface area is 83.3 Å². The number of Topliss-reactive ketones (excluding diaryl/α,β-unsaturated/α-hetero) is 1. The molecule has 76 valence electrons. The third kappa shape index (κ3) is 2.49. The number of benzene rings is 1. The fourth-order valence-corrected chi connectivity index (χ4v) is 1.14. The van der Waals surface area contributed by atoms with Gasteiger partial charge in [0.2, 0.25) is 0 Å². The lowest BCUT2D eigenvalue weighted by Gasteiger charge is -2.10. The van der Waals surface area contributed by atoms with E-state index in [0.29, 0.717) is 11.3 Å². The molecule has 0 aliphatic carbocycles. The maximum atomic E-state index is 11.1. The van der Waals surface area contributed by atoms with E-state index < -0.39 is 0 Å². The molecule has 14 heavy (non-hydrogen) atoms. The first-order valence-corrected chi connectivity index (χ1v) is 4.51. The highest BCUT2D eigenvalue weighted by Crippen LogP contribution is 2.23. The van der Waals surface area contributed by atoms with Crippen LogP contribution in [0.4, 0.5) is 0 Å². The predicted molar refractivity (Wildman–Crippen MR) is 53.9 cm³/mol. The maximum Gasteiger partial charge on any atom is 0.163 e. The van der Waals surface area contributed by atoms with Crippen LogP contribution in [0.15, 0.2) is 18.2 Å². The summed E-state index contributed by atoms with van der Waals surface area (Å²) >= 11 is 0. The molecular formula is C11H14O3. The van der Waals surface area contributed by atoms with Gasteiger partial charge < -0.3 is 9.84 Å². The van der Waals surface area contributed by atoms with Gasteiger partial charge in [-0.2, -0.15) is 0 Å². The minimum absolute atomic E-state index is 0.00592. The van der Waals surface area contributed by atoms with Gasteiger partial charge in [0, 0.05) is 0 Å². The molecule has 0 bridgehead atoms. The molecule has 0 saturated carbocycles. The fraction of sp³-hybridized carbons (Fsp3) is 0.364. The zero-order chi connectivity index (χ0) is 10.7. The number of ketones is 1. The number of hydrogen-bond donors (Lipinski definition) is 1. The van der Waals surface area contributed by atoms with Crippen molar-refractivity contribution in [1.29, 1.82) is 0 Å². The molecule has 3 heteroatoms. The molecule has 0 atom stereocenters. The summed E-state index contributed by atoms with van der Waals surface area (Å²) in [4.78, 5) is 11.1. The third-order valence-electron chi connectivity index (χ3n) is 1.72. The van der Waals surface area contributed by atoms with E-state index in [0.717, 1.165) is 0 Å². The summed E-state index contributed by atoms with van der Waals surface area (Å²) in [7, 11) is 0. The average molecular weight is 194 g/mol. The van der Waals surface area contributed by atoms with Crippen molar-refractivity contribution in [2.75, 3.05) is 0 Å². The van der Waals surface area contributed by atoms with Crippen LogP contribution in [0.25, 0.3) is 0 Å². The van der Waals surface area contributed by atoms with Gasteiger partial charge in [0.05, 0.1) is 11.7 Å². The highest BCUT2D eigenvalue weighted by molar-refractivity contribution is 5.97. The van der Waals surface area contributed by atoms with Crippen LogP contribution in [0.3, 0.4) is 0 Å². The molecule has 3 nitrogen and oxygen atoms in total. The van der Waals surface area contributed by atoms with Gasteiger partial charge in [-0.15, -0.1) is 0 Å². The van der Waals surface area contributed by atoms with E-state index in [2.05, 4.69) is 0 Å². The Kier molecular flexibility index (Phi) is 3.12. The Morgan fingerprint density at radius 3 is 2.57 bits per heavy atom. The quantitative estimate of drug-likeness (QED) is 0.751. The molecule has 0 spiro atoms. The monoisotopic (exact) mass is 194 g/mol. The van der Waals surface area contributed by atoms with Gasteiger partial charge in [-0.25, -0.2) is 0 Å². The predicted octanol–water partition coefficient (Wildman–Crippen LogP) is 2.38. The SMILES string of the molecule is CC(=O)c1cc(OC(C)C)ccc1O. The number of carbonyl (C=O) groups is 1. The van der Waals surface area contributed by atoms with Crippen molar-refractivity contribution in [3.05, 3.63) is 23.8 Å². The van der Waals surface area contributed by atoms with Gasteiger partial charge in [0.25, 0.3) is 0 Å². The molecule has 0 radical (unpaired) electrons. The first kappa shape index (κ1) is 10.6. The number of phenolic OH excluding ortho intramolecular Hbond substituents is 1. The van der Waals surface area contributed by atoms with E-state index >= 15 is 0 Å². The zero-order valence-corrected chi connectivity index (χ0v) is 8.57. The average Bonchev–Trinajstić information content (AvgIpc) is 2.07. The Balaban J connectivity index is 3.00. The number of carbonyl (C=O) groups excluding carboxylic acids is 1. The van der Waals surface area contributed by atoms with Crippen molar-refractivity contribution in [2.24, 2.45) is 0 Å². The lowest BCUT2D eigenvalue weighted by Crippen LogP contribution is -2.06. The van der Waals surface area contributed by atoms with E-state index in [1.807, 2.05) is 13.8 Å². The van der Waals surface area contributed by atoms with Crippen molar-refractivity contribution < 1.29 is 14.6 Å². The number of rotatable bonds is 3. The summed E-state index contributed by atoms with van der Waals surface area (Å²) in [5, 5.41) is 9.36. The van der Waals surface area contributed by atoms with E-state index in [1.54, 1.807) is 12.1 Å². The Morgan fingerprint density at radius 2 is 2.07 bits per heavy atom. The van der Waals surface area contributed by atoms with Crippen LogP contribution in [0, 0.1) is 0 Å². The minimum atomic E-state index is -0.170. The van der Waals surface area contributed by atoms with Crippen LogP contribution < -0.4 is 4.74 Å². The van der Waals surface area contributed by atoms with Gasteiger partial charge in [0.1, 0.15) is 11.5 Å². The van der Waals surface area contributed by atoms with Gasteiger partial charge >= 0.3 is 0 Å². The van der Waals surface area contributed by atoms with Crippen molar-refractivity contribution in [2.45, 2.75) is 26.9 Å². The van der Waals surface area contributed by atoms with Crippen LogP contribution in [-0.4, -0.2) is 17.0 Å². The molecule has 0 fully saturated rings. The lowest BCUT2D eigenvalue weighted by molar-refractivity contribution is 0.101. The van der Waals surface area contributed by atoms with Crippen molar-refractivity contribution in [3.8, 4) is 11.5 Å². The van der Waals surface area contributed by atoms with E-state index in [-0.39, 0.29) is 17.6 Å². The summed E-state index contributed by atoms with van der Waals surface area (Å²) in [6, 6.07) is 4.66. The molecule has 0 aliphatic rings. The number of hydrogen-bond acceptors (Lipinski definition) is 3. The van der Waals surface area contributed by atoms with Gasteiger partial charge in [-0.1, -0.05) is 0 Å². The fourth-order valence-electron chi connectivity index (χ4n) is 1.14. The first-order chi connectivity index (χ1) is 6.50. The summed E-state index contributed by atoms with van der Waals surface area (Å²) in [5.41, 5.74) is 0.295. The highest BCUT2D eigenvalue weighted by Gasteiger charge is 2.08. The second-order valence-corrected chi connectivity index (χ2v) is 3.40. The second kappa shape index (κ2) is 4.13. The van der Waals surface area contributed by atoms with Crippen LogP contribution in [0.5, 0.6) is 11.5 Å². The molecule has 1 aromatic rings. The van der Waals surface area contributed by atoms with Crippen molar-refractivity contribution >= 4 is 5.78 Å². The van der Waals surface area contributed by atoms with E-state index in [1.165, 1.54) is 13.0 Å².